The molecule has 0 fully saturated rings. The van der Waals surface area contributed by atoms with Crippen LogP contribution in [-0.4, -0.2) is 42.6 Å². The molecule has 3 rings (SSSR count). The van der Waals surface area contributed by atoms with Gasteiger partial charge in [0, 0.05) is 37.0 Å². The fourth-order valence-corrected chi connectivity index (χ4v) is 3.81. The highest BCUT2D eigenvalue weighted by molar-refractivity contribution is 7.90. The van der Waals surface area contributed by atoms with Gasteiger partial charge in [0.1, 0.15) is 12.2 Å². The Bertz CT molecular complexity index is 1060. The molecule has 0 spiro atoms. The summed E-state index contributed by atoms with van der Waals surface area (Å²) < 4.78 is 25.5. The van der Waals surface area contributed by atoms with Gasteiger partial charge in [0.15, 0.2) is 15.6 Å². The van der Waals surface area contributed by atoms with Gasteiger partial charge in [-0.3, -0.25) is 14.3 Å². The Morgan fingerprint density at radius 2 is 2.04 bits per heavy atom. The molecule has 0 saturated heterocycles. The predicted octanol–water partition coefficient (Wildman–Crippen LogP) is 0.781. The Morgan fingerprint density at radius 3 is 2.56 bits per heavy atom. The van der Waals surface area contributed by atoms with Crippen LogP contribution in [0, 0.1) is 6.92 Å². The second kappa shape index (κ2) is 5.99. The van der Waals surface area contributed by atoms with E-state index < -0.39 is 21.2 Å². The summed E-state index contributed by atoms with van der Waals surface area (Å²) in [6.45, 7) is 2.00. The van der Waals surface area contributed by atoms with E-state index in [-0.39, 0.29) is 16.0 Å². The minimum absolute atomic E-state index is 0.00623. The van der Waals surface area contributed by atoms with E-state index in [0.717, 1.165) is 6.26 Å². The molecular weight excluding hydrogens is 346 g/mol. The largest absolute Gasteiger partial charge is 0.395 e. The normalized spacial score (nSPS) is 14.3. The van der Waals surface area contributed by atoms with E-state index in [4.69, 9.17) is 4.84 Å². The topological polar surface area (TPSA) is 111 Å². The van der Waals surface area contributed by atoms with Crippen LogP contribution in [0.15, 0.2) is 33.2 Å². The Kier molecular flexibility index (Phi) is 4.11. The molecule has 1 aromatic heterocycles. The van der Waals surface area contributed by atoms with Crippen molar-refractivity contribution in [3.63, 3.8) is 0 Å². The van der Waals surface area contributed by atoms with E-state index in [9.17, 15) is 18.0 Å². The van der Waals surface area contributed by atoms with Gasteiger partial charge in [-0.1, -0.05) is 5.16 Å². The number of rotatable bonds is 4. The van der Waals surface area contributed by atoms with Crippen molar-refractivity contribution < 1.29 is 18.0 Å². The van der Waals surface area contributed by atoms with Crippen LogP contribution in [0.4, 0.5) is 0 Å². The number of H-pyrrole nitrogens is 1. The zero-order valence-electron chi connectivity index (χ0n) is 14.0. The van der Waals surface area contributed by atoms with Crippen molar-refractivity contribution in [3.05, 3.63) is 50.9 Å². The zero-order valence-corrected chi connectivity index (χ0v) is 14.8. The molecule has 1 aromatic carbocycles. The SMILES string of the molecule is Cc1c(C(=O)c2c[nH]n(C)c2=O)ccc(S(C)(=O)=O)c1C1=NOCC1. The number of aromatic amines is 1. The molecule has 9 heteroatoms. The van der Waals surface area contributed by atoms with Gasteiger partial charge >= 0.3 is 0 Å². The highest BCUT2D eigenvalue weighted by Crippen LogP contribution is 2.27. The van der Waals surface area contributed by atoms with E-state index in [0.29, 0.717) is 29.9 Å². The number of hydrogen-bond donors (Lipinski definition) is 1. The molecule has 132 valence electrons. The predicted molar refractivity (Wildman–Crippen MR) is 90.9 cm³/mol. The molecule has 2 heterocycles. The summed E-state index contributed by atoms with van der Waals surface area (Å²) in [6, 6.07) is 2.81. The maximum absolute atomic E-state index is 12.8. The first-order valence-corrected chi connectivity index (χ1v) is 9.43. The number of ketones is 1. The molecule has 2 aromatic rings. The fourth-order valence-electron chi connectivity index (χ4n) is 2.85. The van der Waals surface area contributed by atoms with Gasteiger partial charge in [0.05, 0.1) is 10.6 Å². The molecule has 1 aliphatic rings. The van der Waals surface area contributed by atoms with Crippen molar-refractivity contribution in [2.75, 3.05) is 12.9 Å². The number of oxime groups is 1. The lowest BCUT2D eigenvalue weighted by Gasteiger charge is -2.13. The highest BCUT2D eigenvalue weighted by atomic mass is 32.2. The molecule has 0 aliphatic carbocycles. The number of sulfone groups is 1. The van der Waals surface area contributed by atoms with E-state index >= 15 is 0 Å². The lowest BCUT2D eigenvalue weighted by atomic mass is 9.93. The number of nitrogens with one attached hydrogen (secondary N) is 1. The van der Waals surface area contributed by atoms with Gasteiger partial charge in [-0.25, -0.2) is 8.42 Å². The molecule has 0 radical (unpaired) electrons. The monoisotopic (exact) mass is 363 g/mol. The van der Waals surface area contributed by atoms with Crippen molar-refractivity contribution in [1.29, 1.82) is 0 Å². The van der Waals surface area contributed by atoms with E-state index in [2.05, 4.69) is 10.3 Å². The smallest absolute Gasteiger partial charge is 0.277 e. The van der Waals surface area contributed by atoms with Crippen LogP contribution >= 0.6 is 0 Å². The van der Waals surface area contributed by atoms with Crippen LogP contribution < -0.4 is 5.56 Å². The summed E-state index contributed by atoms with van der Waals surface area (Å²) in [4.78, 5) is 29.9. The Hall–Kier alpha value is -2.68. The number of nitrogens with zero attached hydrogens (tertiary/aromatic N) is 2. The molecule has 8 nitrogen and oxygen atoms in total. The molecule has 0 saturated carbocycles. The third-order valence-corrected chi connectivity index (χ3v) is 5.29. The van der Waals surface area contributed by atoms with Crippen LogP contribution in [0.25, 0.3) is 0 Å². The standard InChI is InChI=1S/C16H17N3O5S/c1-9-10(15(20)11-8-17-19(2)16(11)21)4-5-13(25(3,22)23)14(9)12-6-7-24-18-12/h4-5,8,17H,6-7H2,1-3H3. The van der Waals surface area contributed by atoms with E-state index in [1.54, 1.807) is 6.92 Å². The van der Waals surface area contributed by atoms with E-state index in [1.807, 2.05) is 0 Å². The summed E-state index contributed by atoms with van der Waals surface area (Å²) >= 11 is 0. The summed E-state index contributed by atoms with van der Waals surface area (Å²) in [5.74, 6) is -0.472. The molecule has 25 heavy (non-hydrogen) atoms. The maximum Gasteiger partial charge on any atom is 0.277 e. The summed E-state index contributed by atoms with van der Waals surface area (Å²) in [5.41, 5.74) is 1.12. The van der Waals surface area contributed by atoms with Crippen molar-refractivity contribution in [1.82, 2.24) is 9.78 Å². The molecule has 0 amide bonds. The van der Waals surface area contributed by atoms with Crippen LogP contribution in [0.5, 0.6) is 0 Å². The van der Waals surface area contributed by atoms with Gasteiger partial charge in [-0.05, 0) is 24.6 Å². The molecular formula is C16H17N3O5S. The second-order valence-corrected chi connectivity index (χ2v) is 7.87. The number of carbonyl (C=O) groups excluding carboxylic acids is 1. The number of carbonyl (C=O) groups is 1. The van der Waals surface area contributed by atoms with Crippen LogP contribution in [0.1, 0.15) is 33.5 Å². The van der Waals surface area contributed by atoms with Gasteiger partial charge < -0.3 is 9.94 Å². The molecule has 0 unspecified atom stereocenters. The Morgan fingerprint density at radius 1 is 1.32 bits per heavy atom. The lowest BCUT2D eigenvalue weighted by Crippen LogP contribution is -2.21. The minimum atomic E-state index is -3.52. The van der Waals surface area contributed by atoms with E-state index in [1.165, 1.54) is 30.1 Å². The maximum atomic E-state index is 12.8. The quantitative estimate of drug-likeness (QED) is 0.807. The molecule has 0 atom stereocenters. The number of aryl methyl sites for hydroxylation is 1. The van der Waals surface area contributed by atoms with Gasteiger partial charge in [0.2, 0.25) is 0 Å². The van der Waals surface area contributed by atoms with Crippen molar-refractivity contribution >= 4 is 21.3 Å². The Balaban J connectivity index is 2.23. The first-order chi connectivity index (χ1) is 11.7. The molecule has 1 aliphatic heterocycles. The van der Waals surface area contributed by atoms with Crippen molar-refractivity contribution in [2.24, 2.45) is 12.2 Å². The molecule has 0 bridgehead atoms. The van der Waals surface area contributed by atoms with Crippen LogP contribution in [0.3, 0.4) is 0 Å². The van der Waals surface area contributed by atoms with Crippen molar-refractivity contribution in [2.45, 2.75) is 18.2 Å². The Labute approximate surface area is 144 Å². The summed E-state index contributed by atoms with van der Waals surface area (Å²) in [6.07, 6.45) is 2.89. The zero-order chi connectivity index (χ0) is 18.4. The first-order valence-electron chi connectivity index (χ1n) is 7.53. The third kappa shape index (κ3) is 2.91. The lowest BCUT2D eigenvalue weighted by molar-refractivity contribution is 0.103. The number of aromatic nitrogens is 2. The first kappa shape index (κ1) is 17.2. The van der Waals surface area contributed by atoms with Gasteiger partial charge in [0.25, 0.3) is 5.56 Å². The second-order valence-electron chi connectivity index (χ2n) is 5.89. The summed E-state index contributed by atoms with van der Waals surface area (Å²) in [7, 11) is -2.02. The average Bonchev–Trinajstić information content (AvgIpc) is 3.17. The third-order valence-electron chi connectivity index (χ3n) is 4.15. The highest BCUT2D eigenvalue weighted by Gasteiger charge is 2.27. The van der Waals surface area contributed by atoms with Crippen LogP contribution in [-0.2, 0) is 21.7 Å². The average molecular weight is 363 g/mol. The fraction of sp³-hybridized carbons (Fsp3) is 0.312. The number of hydrogen-bond acceptors (Lipinski definition) is 6. The minimum Gasteiger partial charge on any atom is -0.395 e. The van der Waals surface area contributed by atoms with Crippen molar-refractivity contribution in [3.8, 4) is 0 Å². The summed E-state index contributed by atoms with van der Waals surface area (Å²) in [5, 5.41) is 6.56. The van der Waals surface area contributed by atoms with Gasteiger partial charge in [-0.15, -0.1) is 0 Å². The van der Waals surface area contributed by atoms with Gasteiger partial charge in [-0.2, -0.15) is 0 Å². The number of benzene rings is 1. The van der Waals surface area contributed by atoms with Crippen LogP contribution in [0.2, 0.25) is 0 Å². The molecule has 1 N–H and O–H groups in total.